The topological polar surface area (TPSA) is 35.2 Å². The number of nitrogen functional groups attached to an aromatic ring is 1. The molecule has 0 radical (unpaired) electrons. The standard InChI is InChI=1S/C15H21NO/c1-9-5-10(2)14(8-13(9)16)17-15-7-11-3-4-12(15)6-11/h5,8,11-12,15H,3-4,6-7,16H2,1-2H3. The van der Waals surface area contributed by atoms with Crippen LogP contribution in [0.2, 0.25) is 0 Å². The number of ether oxygens (including phenoxy) is 1. The highest BCUT2D eigenvalue weighted by molar-refractivity contribution is 5.54. The van der Waals surface area contributed by atoms with Gasteiger partial charge in [0.1, 0.15) is 11.9 Å². The molecule has 2 heteroatoms. The zero-order valence-corrected chi connectivity index (χ0v) is 10.7. The number of benzene rings is 1. The van der Waals surface area contributed by atoms with E-state index in [0.717, 1.165) is 28.8 Å². The molecule has 2 saturated carbocycles. The van der Waals surface area contributed by atoms with Gasteiger partial charge in [-0.25, -0.2) is 0 Å². The molecule has 0 aromatic heterocycles. The fraction of sp³-hybridized carbons (Fsp3) is 0.600. The molecule has 0 heterocycles. The Bertz CT molecular complexity index is 441. The Morgan fingerprint density at radius 3 is 2.59 bits per heavy atom. The van der Waals surface area contributed by atoms with Crippen LogP contribution in [0.3, 0.4) is 0 Å². The first-order valence-corrected chi connectivity index (χ1v) is 6.67. The van der Waals surface area contributed by atoms with E-state index in [0.29, 0.717) is 6.10 Å². The van der Waals surface area contributed by atoms with Crippen molar-refractivity contribution in [3.8, 4) is 5.75 Å². The van der Waals surface area contributed by atoms with Gasteiger partial charge >= 0.3 is 0 Å². The molecule has 17 heavy (non-hydrogen) atoms. The van der Waals surface area contributed by atoms with Gasteiger partial charge in [0.15, 0.2) is 0 Å². The Morgan fingerprint density at radius 1 is 1.12 bits per heavy atom. The SMILES string of the molecule is Cc1cc(C)c(OC2CC3CCC2C3)cc1N. The van der Waals surface area contributed by atoms with E-state index >= 15 is 0 Å². The Morgan fingerprint density at radius 2 is 1.94 bits per heavy atom. The minimum atomic E-state index is 0.439. The minimum absolute atomic E-state index is 0.439. The van der Waals surface area contributed by atoms with Crippen molar-refractivity contribution in [1.82, 2.24) is 0 Å². The van der Waals surface area contributed by atoms with Crippen LogP contribution in [0.15, 0.2) is 12.1 Å². The van der Waals surface area contributed by atoms with Gasteiger partial charge < -0.3 is 10.5 Å². The summed E-state index contributed by atoms with van der Waals surface area (Å²) in [5.41, 5.74) is 9.15. The summed E-state index contributed by atoms with van der Waals surface area (Å²) in [5, 5.41) is 0. The summed E-state index contributed by atoms with van der Waals surface area (Å²) in [6.07, 6.45) is 5.84. The molecule has 2 bridgehead atoms. The Hall–Kier alpha value is -1.18. The Labute approximate surface area is 103 Å². The van der Waals surface area contributed by atoms with Crippen LogP contribution in [-0.2, 0) is 0 Å². The second-order valence-electron chi connectivity index (χ2n) is 5.81. The highest BCUT2D eigenvalue weighted by atomic mass is 16.5. The summed E-state index contributed by atoms with van der Waals surface area (Å²) in [5.74, 6) is 2.71. The second-order valence-corrected chi connectivity index (χ2v) is 5.81. The van der Waals surface area contributed by atoms with E-state index in [9.17, 15) is 0 Å². The van der Waals surface area contributed by atoms with Gasteiger partial charge in [0.05, 0.1) is 0 Å². The number of rotatable bonds is 2. The lowest BCUT2D eigenvalue weighted by molar-refractivity contribution is 0.137. The molecule has 1 aromatic rings. The van der Waals surface area contributed by atoms with Gasteiger partial charge in [0.25, 0.3) is 0 Å². The van der Waals surface area contributed by atoms with Crippen LogP contribution in [0.5, 0.6) is 5.75 Å². The van der Waals surface area contributed by atoms with E-state index in [1.165, 1.54) is 31.2 Å². The zero-order chi connectivity index (χ0) is 12.0. The first-order valence-electron chi connectivity index (χ1n) is 6.67. The van der Waals surface area contributed by atoms with Crippen LogP contribution >= 0.6 is 0 Å². The summed E-state index contributed by atoms with van der Waals surface area (Å²) in [6, 6.07) is 4.12. The molecule has 2 aliphatic rings. The number of fused-ring (bicyclic) bond motifs is 2. The summed E-state index contributed by atoms with van der Waals surface area (Å²) >= 11 is 0. The van der Waals surface area contributed by atoms with Gasteiger partial charge in [-0.1, -0.05) is 6.07 Å². The van der Waals surface area contributed by atoms with Gasteiger partial charge in [-0.3, -0.25) is 0 Å². The first kappa shape index (κ1) is 10.9. The molecule has 3 rings (SSSR count). The molecule has 3 atom stereocenters. The monoisotopic (exact) mass is 231 g/mol. The molecule has 3 unspecified atom stereocenters. The minimum Gasteiger partial charge on any atom is -0.490 e. The van der Waals surface area contributed by atoms with Crippen LogP contribution in [-0.4, -0.2) is 6.10 Å². The fourth-order valence-corrected chi connectivity index (χ4v) is 3.47. The third-order valence-electron chi connectivity index (χ3n) is 4.52. The van der Waals surface area contributed by atoms with Crippen molar-refractivity contribution in [2.24, 2.45) is 11.8 Å². The average Bonchev–Trinajstić information content (AvgIpc) is 2.87. The van der Waals surface area contributed by atoms with E-state index in [-0.39, 0.29) is 0 Å². The van der Waals surface area contributed by atoms with Crippen molar-refractivity contribution in [3.63, 3.8) is 0 Å². The third-order valence-corrected chi connectivity index (χ3v) is 4.52. The van der Waals surface area contributed by atoms with Crippen molar-refractivity contribution in [1.29, 1.82) is 0 Å². The number of anilines is 1. The molecule has 0 saturated heterocycles. The van der Waals surface area contributed by atoms with Crippen LogP contribution in [0.1, 0.15) is 36.8 Å². The van der Waals surface area contributed by atoms with Crippen LogP contribution in [0, 0.1) is 25.7 Å². The van der Waals surface area contributed by atoms with Crippen molar-refractivity contribution < 1.29 is 4.74 Å². The molecule has 0 spiro atoms. The Kier molecular flexibility index (Phi) is 2.53. The van der Waals surface area contributed by atoms with Gasteiger partial charge in [0, 0.05) is 11.8 Å². The zero-order valence-electron chi connectivity index (χ0n) is 10.7. The average molecular weight is 231 g/mol. The summed E-state index contributed by atoms with van der Waals surface area (Å²) in [6.45, 7) is 4.15. The second kappa shape index (κ2) is 3.94. The summed E-state index contributed by atoms with van der Waals surface area (Å²) in [7, 11) is 0. The van der Waals surface area contributed by atoms with E-state index in [1.54, 1.807) is 0 Å². The van der Waals surface area contributed by atoms with Gasteiger partial charge in [0.2, 0.25) is 0 Å². The third kappa shape index (κ3) is 1.90. The maximum absolute atomic E-state index is 6.20. The maximum atomic E-state index is 6.20. The number of hydrogen-bond acceptors (Lipinski definition) is 2. The van der Waals surface area contributed by atoms with E-state index in [4.69, 9.17) is 10.5 Å². The highest BCUT2D eigenvalue weighted by Crippen LogP contribution is 2.46. The molecule has 0 aliphatic heterocycles. The fourth-order valence-electron chi connectivity index (χ4n) is 3.47. The number of nitrogens with two attached hydrogens (primary N) is 1. The highest BCUT2D eigenvalue weighted by Gasteiger charge is 2.41. The smallest absolute Gasteiger partial charge is 0.124 e. The van der Waals surface area contributed by atoms with Crippen LogP contribution in [0.25, 0.3) is 0 Å². The lowest BCUT2D eigenvalue weighted by Gasteiger charge is -2.24. The Balaban J connectivity index is 1.79. The normalized spacial score (nSPS) is 30.8. The first-order chi connectivity index (χ1) is 8.13. The summed E-state index contributed by atoms with van der Waals surface area (Å²) < 4.78 is 6.20. The molecule has 2 aliphatic carbocycles. The van der Waals surface area contributed by atoms with Crippen molar-refractivity contribution in [2.75, 3.05) is 5.73 Å². The summed E-state index contributed by atoms with van der Waals surface area (Å²) in [4.78, 5) is 0. The van der Waals surface area contributed by atoms with Crippen LogP contribution < -0.4 is 10.5 Å². The van der Waals surface area contributed by atoms with Crippen molar-refractivity contribution in [3.05, 3.63) is 23.3 Å². The predicted octanol–water partition coefficient (Wildman–Crippen LogP) is 3.45. The maximum Gasteiger partial charge on any atom is 0.124 e. The van der Waals surface area contributed by atoms with Crippen molar-refractivity contribution in [2.45, 2.75) is 45.6 Å². The number of aryl methyl sites for hydroxylation is 2. The van der Waals surface area contributed by atoms with E-state index in [2.05, 4.69) is 13.0 Å². The predicted molar refractivity (Wildman–Crippen MR) is 70.2 cm³/mol. The lowest BCUT2D eigenvalue weighted by Crippen LogP contribution is -2.23. The molecule has 92 valence electrons. The molecule has 1 aromatic carbocycles. The molecule has 0 amide bonds. The largest absolute Gasteiger partial charge is 0.490 e. The van der Waals surface area contributed by atoms with E-state index in [1.807, 2.05) is 13.0 Å². The quantitative estimate of drug-likeness (QED) is 0.791. The molecule has 2 fully saturated rings. The molecular formula is C15H21NO. The molecule has 2 nitrogen and oxygen atoms in total. The molecule has 2 N–H and O–H groups in total. The van der Waals surface area contributed by atoms with Gasteiger partial charge in [-0.15, -0.1) is 0 Å². The lowest BCUT2D eigenvalue weighted by atomic mass is 9.97. The molecular weight excluding hydrogens is 210 g/mol. The van der Waals surface area contributed by atoms with Crippen LogP contribution in [0.4, 0.5) is 5.69 Å². The van der Waals surface area contributed by atoms with Gasteiger partial charge in [-0.05, 0) is 62.5 Å². The van der Waals surface area contributed by atoms with E-state index < -0.39 is 0 Å². The van der Waals surface area contributed by atoms with Crippen molar-refractivity contribution >= 4 is 5.69 Å². The van der Waals surface area contributed by atoms with Gasteiger partial charge in [-0.2, -0.15) is 0 Å². The number of hydrogen-bond donors (Lipinski definition) is 1.